The van der Waals surface area contributed by atoms with Crippen LogP contribution in [-0.4, -0.2) is 25.3 Å². The van der Waals surface area contributed by atoms with Gasteiger partial charge in [-0.1, -0.05) is 23.7 Å². The van der Waals surface area contributed by atoms with Gasteiger partial charge >= 0.3 is 0 Å². The molecule has 0 saturated carbocycles. The molecule has 0 aromatic heterocycles. The second-order valence-electron chi connectivity index (χ2n) is 6.71. The molecule has 0 unspecified atom stereocenters. The molecule has 0 atom stereocenters. The maximum atomic E-state index is 12.2. The van der Waals surface area contributed by atoms with Crippen LogP contribution in [0, 0.1) is 0 Å². The first kappa shape index (κ1) is 23.2. The zero-order chi connectivity index (χ0) is 22.8. The van der Waals surface area contributed by atoms with Gasteiger partial charge in [-0.2, -0.15) is 5.10 Å². The Balaban J connectivity index is 1.61. The highest BCUT2D eigenvalue weighted by molar-refractivity contribution is 6.30. The molecule has 1 amide bonds. The second-order valence-corrected chi connectivity index (χ2v) is 7.15. The van der Waals surface area contributed by atoms with Gasteiger partial charge in [0, 0.05) is 10.6 Å². The number of ether oxygens (including phenoxy) is 3. The lowest BCUT2D eigenvalue weighted by Gasteiger charge is -2.12. The third kappa shape index (κ3) is 6.75. The minimum absolute atomic E-state index is 0.308. The second kappa shape index (κ2) is 11.8. The number of hydrazone groups is 1. The molecule has 166 valence electrons. The summed E-state index contributed by atoms with van der Waals surface area (Å²) < 4.78 is 17.0. The van der Waals surface area contributed by atoms with Crippen LogP contribution in [0.25, 0.3) is 0 Å². The summed E-state index contributed by atoms with van der Waals surface area (Å²) in [7, 11) is 0. The van der Waals surface area contributed by atoms with Crippen LogP contribution in [0.1, 0.15) is 35.3 Å². The average molecular weight is 453 g/mol. The number of carbonyl (C=O) groups is 1. The Morgan fingerprint density at radius 3 is 2.31 bits per heavy atom. The van der Waals surface area contributed by atoms with E-state index in [1.165, 1.54) is 0 Å². The Labute approximate surface area is 192 Å². The molecule has 0 aliphatic heterocycles. The fourth-order valence-corrected chi connectivity index (χ4v) is 2.96. The van der Waals surface area contributed by atoms with Gasteiger partial charge in [-0.05, 0) is 79.6 Å². The molecule has 0 spiro atoms. The van der Waals surface area contributed by atoms with Gasteiger partial charge in [-0.3, -0.25) is 4.79 Å². The van der Waals surface area contributed by atoms with E-state index in [-0.39, 0.29) is 5.91 Å². The van der Waals surface area contributed by atoms with Crippen LogP contribution in [0.2, 0.25) is 5.02 Å². The van der Waals surface area contributed by atoms with E-state index in [1.807, 2.05) is 56.3 Å². The van der Waals surface area contributed by atoms with Crippen molar-refractivity contribution in [2.75, 3.05) is 13.2 Å². The highest BCUT2D eigenvalue weighted by Crippen LogP contribution is 2.29. The monoisotopic (exact) mass is 452 g/mol. The van der Waals surface area contributed by atoms with Crippen LogP contribution in [0.4, 0.5) is 0 Å². The lowest BCUT2D eigenvalue weighted by atomic mass is 10.2. The number of rotatable bonds is 10. The maximum absolute atomic E-state index is 12.2. The molecule has 0 heterocycles. The van der Waals surface area contributed by atoms with Crippen molar-refractivity contribution in [3.8, 4) is 17.2 Å². The van der Waals surface area contributed by atoms with Crippen LogP contribution in [-0.2, 0) is 6.61 Å². The SMILES string of the molecule is CCOc1ccc(C(=O)NN=Cc2ccc(OCc3ccc(Cl)cc3)c(OCC)c2)cc1. The third-order valence-corrected chi connectivity index (χ3v) is 4.63. The van der Waals surface area contributed by atoms with Gasteiger partial charge in [0.1, 0.15) is 12.4 Å². The fraction of sp³-hybridized carbons (Fsp3) is 0.200. The molecule has 3 rings (SSSR count). The van der Waals surface area contributed by atoms with E-state index in [9.17, 15) is 4.79 Å². The van der Waals surface area contributed by atoms with Gasteiger partial charge in [0.15, 0.2) is 11.5 Å². The van der Waals surface area contributed by atoms with Crippen LogP contribution in [0.5, 0.6) is 17.2 Å². The highest BCUT2D eigenvalue weighted by Gasteiger charge is 2.08. The number of carbonyl (C=O) groups excluding carboxylic acids is 1. The molecule has 7 heteroatoms. The molecular weight excluding hydrogens is 428 g/mol. The molecule has 3 aromatic rings. The smallest absolute Gasteiger partial charge is 0.271 e. The summed E-state index contributed by atoms with van der Waals surface area (Å²) in [5.41, 5.74) is 4.78. The van der Waals surface area contributed by atoms with Gasteiger partial charge < -0.3 is 14.2 Å². The average Bonchev–Trinajstić information content (AvgIpc) is 2.80. The highest BCUT2D eigenvalue weighted by atomic mass is 35.5. The topological polar surface area (TPSA) is 69.2 Å². The summed E-state index contributed by atoms with van der Waals surface area (Å²) >= 11 is 5.92. The Hall–Kier alpha value is -3.51. The van der Waals surface area contributed by atoms with Gasteiger partial charge in [-0.15, -0.1) is 0 Å². The van der Waals surface area contributed by atoms with Gasteiger partial charge in [-0.25, -0.2) is 5.43 Å². The first-order chi connectivity index (χ1) is 15.6. The molecule has 0 bridgehead atoms. The largest absolute Gasteiger partial charge is 0.494 e. The number of benzene rings is 3. The van der Waals surface area contributed by atoms with Crippen molar-refractivity contribution in [3.63, 3.8) is 0 Å². The summed E-state index contributed by atoms with van der Waals surface area (Å²) in [6, 6.07) is 19.8. The maximum Gasteiger partial charge on any atom is 0.271 e. The Morgan fingerprint density at radius 1 is 0.906 bits per heavy atom. The molecule has 1 N–H and O–H groups in total. The first-order valence-corrected chi connectivity index (χ1v) is 10.7. The predicted molar refractivity (Wildman–Crippen MR) is 126 cm³/mol. The van der Waals surface area contributed by atoms with E-state index < -0.39 is 0 Å². The lowest BCUT2D eigenvalue weighted by Crippen LogP contribution is -2.17. The zero-order valence-corrected chi connectivity index (χ0v) is 18.8. The summed E-state index contributed by atoms with van der Waals surface area (Å²) in [5.74, 6) is 1.63. The molecule has 0 aliphatic carbocycles. The van der Waals surface area contributed by atoms with E-state index in [0.29, 0.717) is 41.9 Å². The predicted octanol–water partition coefficient (Wildman–Crippen LogP) is 5.48. The molecule has 0 radical (unpaired) electrons. The third-order valence-electron chi connectivity index (χ3n) is 4.38. The molecule has 3 aromatic carbocycles. The summed E-state index contributed by atoms with van der Waals surface area (Å²) in [5, 5.41) is 4.73. The Morgan fingerprint density at radius 2 is 1.62 bits per heavy atom. The first-order valence-electron chi connectivity index (χ1n) is 10.3. The molecule has 0 fully saturated rings. The minimum atomic E-state index is -0.308. The summed E-state index contributed by atoms with van der Waals surface area (Å²) in [4.78, 5) is 12.2. The fourth-order valence-electron chi connectivity index (χ4n) is 2.83. The molecule has 0 saturated heterocycles. The quantitative estimate of drug-likeness (QED) is 0.326. The van der Waals surface area contributed by atoms with Crippen molar-refractivity contribution in [1.29, 1.82) is 0 Å². The van der Waals surface area contributed by atoms with Gasteiger partial charge in [0.25, 0.3) is 5.91 Å². The summed E-state index contributed by atoms with van der Waals surface area (Å²) in [6.45, 7) is 5.27. The number of nitrogens with zero attached hydrogens (tertiary/aromatic N) is 1. The van der Waals surface area contributed by atoms with E-state index in [4.69, 9.17) is 25.8 Å². The number of amides is 1. The molecular formula is C25H25ClN2O4. The number of halogens is 1. The van der Waals surface area contributed by atoms with E-state index >= 15 is 0 Å². The molecule has 6 nitrogen and oxygen atoms in total. The zero-order valence-electron chi connectivity index (χ0n) is 18.0. The van der Waals surface area contributed by atoms with E-state index in [1.54, 1.807) is 30.5 Å². The van der Waals surface area contributed by atoms with Crippen molar-refractivity contribution in [2.45, 2.75) is 20.5 Å². The number of hydrogen-bond donors (Lipinski definition) is 1. The lowest BCUT2D eigenvalue weighted by molar-refractivity contribution is 0.0955. The Bertz CT molecular complexity index is 1050. The van der Waals surface area contributed by atoms with Crippen molar-refractivity contribution in [1.82, 2.24) is 5.43 Å². The molecule has 0 aliphatic rings. The Kier molecular flexibility index (Phi) is 8.52. The standard InChI is InChI=1S/C25H25ClN2O4/c1-3-30-22-12-8-20(9-13-22)25(29)28-27-16-19-7-14-23(24(15-19)31-4-2)32-17-18-5-10-21(26)11-6-18/h5-16H,3-4,17H2,1-2H3,(H,28,29). The number of hydrogen-bond acceptors (Lipinski definition) is 5. The minimum Gasteiger partial charge on any atom is -0.494 e. The van der Waals surface area contributed by atoms with Crippen LogP contribution in [0.15, 0.2) is 71.8 Å². The van der Waals surface area contributed by atoms with E-state index in [2.05, 4.69) is 10.5 Å². The summed E-state index contributed by atoms with van der Waals surface area (Å²) in [6.07, 6.45) is 1.55. The van der Waals surface area contributed by atoms with Crippen LogP contribution < -0.4 is 19.6 Å². The normalized spacial score (nSPS) is 10.7. The van der Waals surface area contributed by atoms with Crippen LogP contribution in [0.3, 0.4) is 0 Å². The van der Waals surface area contributed by atoms with Crippen molar-refractivity contribution in [2.24, 2.45) is 5.10 Å². The van der Waals surface area contributed by atoms with Crippen molar-refractivity contribution in [3.05, 3.63) is 88.4 Å². The number of nitrogens with one attached hydrogen (secondary N) is 1. The van der Waals surface area contributed by atoms with Crippen molar-refractivity contribution < 1.29 is 19.0 Å². The van der Waals surface area contributed by atoms with Gasteiger partial charge in [0.2, 0.25) is 0 Å². The van der Waals surface area contributed by atoms with E-state index in [0.717, 1.165) is 16.9 Å². The van der Waals surface area contributed by atoms with Crippen molar-refractivity contribution >= 4 is 23.7 Å². The van der Waals surface area contributed by atoms with Gasteiger partial charge in [0.05, 0.1) is 19.4 Å². The molecule has 32 heavy (non-hydrogen) atoms. The van der Waals surface area contributed by atoms with Crippen LogP contribution >= 0.6 is 11.6 Å².